The van der Waals surface area contributed by atoms with Crippen LogP contribution in [0.15, 0.2) is 36.4 Å². The molecule has 0 aliphatic carbocycles. The number of rotatable bonds is 4. The molecule has 128 valence electrons. The van der Waals surface area contributed by atoms with Crippen molar-refractivity contribution in [3.05, 3.63) is 67.8 Å². The van der Waals surface area contributed by atoms with Crippen LogP contribution >= 0.6 is 0 Å². The van der Waals surface area contributed by atoms with Gasteiger partial charge in [0.1, 0.15) is 5.69 Å². The van der Waals surface area contributed by atoms with Gasteiger partial charge in [0.15, 0.2) is 0 Å². The topological polar surface area (TPSA) is 122 Å². The van der Waals surface area contributed by atoms with Crippen molar-refractivity contribution in [2.24, 2.45) is 0 Å². The highest BCUT2D eigenvalue weighted by Crippen LogP contribution is 2.41. The molecule has 2 aromatic rings. The number of nitriles is 1. The third-order valence-electron chi connectivity index (χ3n) is 3.60. The van der Waals surface area contributed by atoms with Gasteiger partial charge in [-0.2, -0.15) is 5.26 Å². The van der Waals surface area contributed by atoms with Crippen LogP contribution in [-0.2, 0) is 5.41 Å². The molecule has 0 fully saturated rings. The van der Waals surface area contributed by atoms with Crippen molar-refractivity contribution in [2.75, 3.05) is 5.32 Å². The lowest BCUT2D eigenvalue weighted by Gasteiger charge is -2.23. The van der Waals surface area contributed by atoms with Crippen molar-refractivity contribution in [2.45, 2.75) is 26.2 Å². The number of hydrogen-bond donors (Lipinski definition) is 1. The monoisotopic (exact) mass is 340 g/mol. The zero-order valence-electron chi connectivity index (χ0n) is 13.9. The molecular formula is C17H16N4O4. The number of non-ortho nitro benzene ring substituents is 1. The van der Waals surface area contributed by atoms with Gasteiger partial charge in [-0.25, -0.2) is 0 Å². The molecule has 0 atom stereocenters. The molecule has 1 N–H and O–H groups in total. The van der Waals surface area contributed by atoms with Gasteiger partial charge in [0, 0.05) is 11.8 Å². The fraction of sp³-hybridized carbons (Fsp3) is 0.235. The third kappa shape index (κ3) is 3.90. The Bertz CT molecular complexity index is 877. The fourth-order valence-corrected chi connectivity index (χ4v) is 2.36. The minimum Gasteiger partial charge on any atom is -0.350 e. The van der Waals surface area contributed by atoms with Gasteiger partial charge in [0.25, 0.3) is 11.4 Å². The molecule has 8 nitrogen and oxygen atoms in total. The second-order valence-electron chi connectivity index (χ2n) is 6.47. The average Bonchev–Trinajstić information content (AvgIpc) is 2.54. The van der Waals surface area contributed by atoms with E-state index in [1.54, 1.807) is 24.3 Å². The Hall–Kier alpha value is -3.47. The molecule has 0 spiro atoms. The van der Waals surface area contributed by atoms with Crippen molar-refractivity contribution >= 4 is 22.7 Å². The molecule has 0 amide bonds. The molecule has 2 rings (SSSR count). The van der Waals surface area contributed by atoms with Gasteiger partial charge in [-0.05, 0) is 35.2 Å². The minimum absolute atomic E-state index is 0.202. The predicted molar refractivity (Wildman–Crippen MR) is 92.9 cm³/mol. The maximum absolute atomic E-state index is 11.5. The highest BCUT2D eigenvalue weighted by molar-refractivity contribution is 5.77. The Kier molecular flexibility index (Phi) is 4.70. The van der Waals surface area contributed by atoms with E-state index < -0.39 is 15.3 Å². The largest absolute Gasteiger partial charge is 0.350 e. The summed E-state index contributed by atoms with van der Waals surface area (Å²) in [4.78, 5) is 21.3. The van der Waals surface area contributed by atoms with Gasteiger partial charge in [-0.15, -0.1) is 0 Å². The number of nitro benzene ring substituents is 2. The molecule has 0 aromatic heterocycles. The fourth-order valence-electron chi connectivity index (χ4n) is 2.36. The molecule has 8 heteroatoms. The van der Waals surface area contributed by atoms with Crippen LogP contribution < -0.4 is 5.32 Å². The first-order valence-electron chi connectivity index (χ1n) is 7.38. The van der Waals surface area contributed by atoms with Gasteiger partial charge in [0.2, 0.25) is 0 Å². The van der Waals surface area contributed by atoms with Crippen LogP contribution in [0.2, 0.25) is 0 Å². The summed E-state index contributed by atoms with van der Waals surface area (Å²) in [6.07, 6.45) is 0. The predicted octanol–water partition coefficient (Wildman–Crippen LogP) is 4.42. The van der Waals surface area contributed by atoms with Gasteiger partial charge in [-0.3, -0.25) is 20.2 Å². The summed E-state index contributed by atoms with van der Waals surface area (Å²) in [5.41, 5.74) is 0.392. The summed E-state index contributed by atoms with van der Waals surface area (Å²) in [6, 6.07) is 10.7. The van der Waals surface area contributed by atoms with Crippen LogP contribution in [0.3, 0.4) is 0 Å². The molecule has 0 unspecified atom stereocenters. The number of benzene rings is 2. The van der Waals surface area contributed by atoms with E-state index in [9.17, 15) is 20.2 Å². The molecule has 0 saturated carbocycles. The maximum atomic E-state index is 11.5. The first kappa shape index (κ1) is 17.9. The second kappa shape index (κ2) is 6.57. The van der Waals surface area contributed by atoms with Crippen LogP contribution in [0.25, 0.3) is 0 Å². The lowest BCUT2D eigenvalue weighted by Crippen LogP contribution is -2.15. The van der Waals surface area contributed by atoms with E-state index in [1.165, 1.54) is 6.07 Å². The first-order chi connectivity index (χ1) is 11.6. The zero-order valence-corrected chi connectivity index (χ0v) is 13.9. The highest BCUT2D eigenvalue weighted by atomic mass is 16.6. The molecule has 0 aliphatic heterocycles. The summed E-state index contributed by atoms with van der Waals surface area (Å²) >= 11 is 0. The minimum atomic E-state index is -0.645. The quantitative estimate of drug-likeness (QED) is 0.649. The van der Waals surface area contributed by atoms with E-state index in [0.29, 0.717) is 16.8 Å². The molecule has 0 saturated heterocycles. The van der Waals surface area contributed by atoms with Crippen LogP contribution in [0, 0.1) is 31.6 Å². The summed E-state index contributed by atoms with van der Waals surface area (Å²) in [7, 11) is 0. The molecule has 0 aliphatic rings. The average molecular weight is 340 g/mol. The van der Waals surface area contributed by atoms with Crippen molar-refractivity contribution in [3.63, 3.8) is 0 Å². The molecule has 0 radical (unpaired) electrons. The van der Waals surface area contributed by atoms with Crippen LogP contribution in [0.5, 0.6) is 0 Å². The second-order valence-corrected chi connectivity index (χ2v) is 6.47. The SMILES string of the molecule is CC(C)(C)c1cc([N+](=O)[O-])cc([N+](=O)[O-])c1Nc1ccc(C#N)cc1. The molecule has 2 aromatic carbocycles. The van der Waals surface area contributed by atoms with E-state index in [2.05, 4.69) is 5.32 Å². The van der Waals surface area contributed by atoms with E-state index in [1.807, 2.05) is 26.8 Å². The number of nitro groups is 2. The maximum Gasteiger partial charge on any atom is 0.299 e. The Morgan fingerprint density at radius 1 is 1.04 bits per heavy atom. The van der Waals surface area contributed by atoms with Crippen LogP contribution in [0.4, 0.5) is 22.7 Å². The number of nitrogens with zero attached hydrogens (tertiary/aromatic N) is 3. The lowest BCUT2D eigenvalue weighted by atomic mass is 9.84. The van der Waals surface area contributed by atoms with Crippen molar-refractivity contribution < 1.29 is 9.85 Å². The van der Waals surface area contributed by atoms with Crippen molar-refractivity contribution in [3.8, 4) is 6.07 Å². The smallest absolute Gasteiger partial charge is 0.299 e. The molecule has 0 bridgehead atoms. The summed E-state index contributed by atoms with van der Waals surface area (Å²) < 4.78 is 0. The number of nitrogens with one attached hydrogen (secondary N) is 1. The summed E-state index contributed by atoms with van der Waals surface area (Å²) in [5.74, 6) is 0. The van der Waals surface area contributed by atoms with E-state index in [-0.39, 0.29) is 17.1 Å². The number of anilines is 2. The Balaban J connectivity index is 2.66. The van der Waals surface area contributed by atoms with Crippen LogP contribution in [0.1, 0.15) is 31.9 Å². The Morgan fingerprint density at radius 2 is 1.64 bits per heavy atom. The summed E-state index contributed by atoms with van der Waals surface area (Å²) in [6.45, 7) is 5.46. The van der Waals surface area contributed by atoms with Crippen LogP contribution in [-0.4, -0.2) is 9.85 Å². The summed E-state index contributed by atoms with van der Waals surface area (Å²) in [5, 5.41) is 34.4. The Labute approximate surface area is 144 Å². The molecule has 0 heterocycles. The van der Waals surface area contributed by atoms with E-state index in [0.717, 1.165) is 6.07 Å². The van der Waals surface area contributed by atoms with Gasteiger partial charge in [-0.1, -0.05) is 20.8 Å². The molecule has 25 heavy (non-hydrogen) atoms. The van der Waals surface area contributed by atoms with Crippen molar-refractivity contribution in [1.82, 2.24) is 0 Å². The van der Waals surface area contributed by atoms with Gasteiger partial charge < -0.3 is 5.32 Å². The van der Waals surface area contributed by atoms with E-state index in [4.69, 9.17) is 5.26 Å². The standard InChI is InChI=1S/C17H16N4O4/c1-17(2,3)14-8-13(20(22)23)9-15(21(24)25)16(14)19-12-6-4-11(10-18)5-7-12/h4-9,19H,1-3H3. The van der Waals surface area contributed by atoms with E-state index >= 15 is 0 Å². The normalized spacial score (nSPS) is 10.8. The van der Waals surface area contributed by atoms with Gasteiger partial charge in [0.05, 0.1) is 27.5 Å². The number of hydrogen-bond acceptors (Lipinski definition) is 6. The highest BCUT2D eigenvalue weighted by Gasteiger charge is 2.29. The first-order valence-corrected chi connectivity index (χ1v) is 7.38. The van der Waals surface area contributed by atoms with Gasteiger partial charge >= 0.3 is 0 Å². The zero-order chi connectivity index (χ0) is 18.8. The Morgan fingerprint density at radius 3 is 2.08 bits per heavy atom. The van der Waals surface area contributed by atoms with Crippen molar-refractivity contribution in [1.29, 1.82) is 5.26 Å². The molecular weight excluding hydrogens is 324 g/mol. The lowest BCUT2D eigenvalue weighted by molar-refractivity contribution is -0.393. The third-order valence-corrected chi connectivity index (χ3v) is 3.60.